The van der Waals surface area contributed by atoms with Gasteiger partial charge < -0.3 is 25.4 Å². The van der Waals surface area contributed by atoms with Crippen molar-refractivity contribution in [3.63, 3.8) is 0 Å². The number of carbonyl (C=O) groups is 2. The maximum absolute atomic E-state index is 12.5. The molecule has 9 nitrogen and oxygen atoms in total. The zero-order valence-electron chi connectivity index (χ0n) is 18.7. The van der Waals surface area contributed by atoms with Crippen LogP contribution in [0.2, 0.25) is 0 Å². The van der Waals surface area contributed by atoms with Crippen LogP contribution in [0.1, 0.15) is 30.9 Å². The summed E-state index contributed by atoms with van der Waals surface area (Å²) in [5.74, 6) is 0.439. The number of benzene rings is 1. The molecule has 0 saturated heterocycles. The number of amides is 1. The molecule has 3 N–H and O–H groups in total. The summed E-state index contributed by atoms with van der Waals surface area (Å²) < 4.78 is 5.68. The Balaban J connectivity index is 1.38. The summed E-state index contributed by atoms with van der Waals surface area (Å²) in [6, 6.07) is 14.4. The lowest BCUT2D eigenvalue weighted by molar-refractivity contribution is -0.137. The van der Waals surface area contributed by atoms with Crippen LogP contribution >= 0.6 is 0 Å². The number of pyridine rings is 2. The molecular weight excluding hydrogens is 434 g/mol. The third-order valence-electron chi connectivity index (χ3n) is 5.49. The maximum atomic E-state index is 12.5. The molecule has 1 aliphatic rings. The number of aliphatic carboxylic acids is 1. The second kappa shape index (κ2) is 11.1. The van der Waals surface area contributed by atoms with E-state index in [1.165, 1.54) is 0 Å². The summed E-state index contributed by atoms with van der Waals surface area (Å²) in [5, 5.41) is 15.9. The van der Waals surface area contributed by atoms with Gasteiger partial charge in [0.15, 0.2) is 6.61 Å². The van der Waals surface area contributed by atoms with E-state index in [1.54, 1.807) is 29.6 Å². The first kappa shape index (κ1) is 23.0. The van der Waals surface area contributed by atoms with E-state index in [2.05, 4.69) is 20.6 Å². The Labute approximate surface area is 197 Å². The Kier molecular flexibility index (Phi) is 7.54. The average Bonchev–Trinajstić information content (AvgIpc) is 2.85. The number of nitrogens with zero attached hydrogens (tertiary/aromatic N) is 3. The standard InChI is InChI=1S/C25H27N5O4/c31-24-17-34-22-14-19(29-20(15-25(32)33)18-6-5-10-26-16-18)8-9-21(22)30(24)13-4-3-12-28-23-7-1-2-11-27-23/h1-2,5-11,14,16,20,29H,3-4,12-13,15,17H2,(H,27,28)(H,32,33). The monoisotopic (exact) mass is 461 g/mol. The number of hydrogen-bond acceptors (Lipinski definition) is 7. The second-order valence-electron chi connectivity index (χ2n) is 7.95. The largest absolute Gasteiger partial charge is 0.481 e. The molecule has 1 amide bonds. The molecule has 0 saturated carbocycles. The Hall–Kier alpha value is -4.14. The van der Waals surface area contributed by atoms with Gasteiger partial charge in [0, 0.05) is 43.4 Å². The summed E-state index contributed by atoms with van der Waals surface area (Å²) in [6.07, 6.45) is 6.66. The van der Waals surface area contributed by atoms with Crippen molar-refractivity contribution in [1.29, 1.82) is 0 Å². The topological polar surface area (TPSA) is 117 Å². The molecule has 2 aromatic heterocycles. The first-order valence-electron chi connectivity index (χ1n) is 11.2. The summed E-state index contributed by atoms with van der Waals surface area (Å²) in [6.45, 7) is 1.33. The number of hydrogen-bond donors (Lipinski definition) is 3. The Morgan fingerprint density at radius 2 is 2.06 bits per heavy atom. The lowest BCUT2D eigenvalue weighted by Gasteiger charge is -2.30. The van der Waals surface area contributed by atoms with Gasteiger partial charge in [-0.3, -0.25) is 14.6 Å². The van der Waals surface area contributed by atoms with Crippen LogP contribution in [0.25, 0.3) is 0 Å². The number of nitrogens with one attached hydrogen (secondary N) is 2. The summed E-state index contributed by atoms with van der Waals surface area (Å²) in [5.41, 5.74) is 2.21. The second-order valence-corrected chi connectivity index (χ2v) is 7.95. The van der Waals surface area contributed by atoms with Crippen molar-refractivity contribution in [2.45, 2.75) is 25.3 Å². The quantitative estimate of drug-likeness (QED) is 0.370. The zero-order valence-corrected chi connectivity index (χ0v) is 18.7. The third-order valence-corrected chi connectivity index (χ3v) is 5.49. The van der Waals surface area contributed by atoms with Gasteiger partial charge in [0.05, 0.1) is 18.2 Å². The first-order valence-corrected chi connectivity index (χ1v) is 11.2. The molecule has 0 radical (unpaired) electrons. The lowest BCUT2D eigenvalue weighted by atomic mass is 10.1. The van der Waals surface area contributed by atoms with E-state index in [1.807, 2.05) is 42.5 Å². The predicted molar refractivity (Wildman–Crippen MR) is 129 cm³/mol. The molecule has 3 aromatic rings. The van der Waals surface area contributed by atoms with Crippen LogP contribution in [0.5, 0.6) is 5.75 Å². The SMILES string of the molecule is O=C(O)CC(Nc1ccc2c(c1)OCC(=O)N2CCCCNc1ccccn1)c1cccnc1. The van der Waals surface area contributed by atoms with E-state index >= 15 is 0 Å². The number of aromatic nitrogens is 2. The smallest absolute Gasteiger partial charge is 0.305 e. The van der Waals surface area contributed by atoms with E-state index in [9.17, 15) is 14.7 Å². The molecule has 176 valence electrons. The van der Waals surface area contributed by atoms with Crippen LogP contribution in [-0.4, -0.2) is 46.6 Å². The van der Waals surface area contributed by atoms with Crippen molar-refractivity contribution in [2.75, 3.05) is 35.2 Å². The fraction of sp³-hybridized carbons (Fsp3) is 0.280. The van der Waals surface area contributed by atoms with Gasteiger partial charge in [-0.25, -0.2) is 4.98 Å². The van der Waals surface area contributed by atoms with Crippen molar-refractivity contribution in [1.82, 2.24) is 9.97 Å². The highest BCUT2D eigenvalue weighted by Crippen LogP contribution is 2.36. The molecule has 3 heterocycles. The van der Waals surface area contributed by atoms with Gasteiger partial charge in [0.2, 0.25) is 0 Å². The van der Waals surface area contributed by atoms with Crippen LogP contribution < -0.4 is 20.3 Å². The Morgan fingerprint density at radius 3 is 2.82 bits per heavy atom. The number of rotatable bonds is 11. The predicted octanol–water partition coefficient (Wildman–Crippen LogP) is 3.72. The summed E-state index contributed by atoms with van der Waals surface area (Å²) >= 11 is 0. The maximum Gasteiger partial charge on any atom is 0.305 e. The zero-order chi connectivity index (χ0) is 23.8. The number of fused-ring (bicyclic) bond motifs is 1. The molecule has 1 unspecified atom stereocenters. The number of anilines is 3. The van der Waals surface area contributed by atoms with E-state index < -0.39 is 12.0 Å². The van der Waals surface area contributed by atoms with Crippen LogP contribution in [0, 0.1) is 0 Å². The Morgan fingerprint density at radius 1 is 1.15 bits per heavy atom. The minimum atomic E-state index is -0.912. The number of carbonyl (C=O) groups excluding carboxylic acids is 1. The molecule has 1 aromatic carbocycles. The highest BCUT2D eigenvalue weighted by Gasteiger charge is 2.26. The normalized spacial score (nSPS) is 13.5. The minimum absolute atomic E-state index is 0.0240. The van der Waals surface area contributed by atoms with Crippen molar-refractivity contribution < 1.29 is 19.4 Å². The van der Waals surface area contributed by atoms with Crippen molar-refractivity contribution in [3.8, 4) is 5.75 Å². The van der Waals surface area contributed by atoms with Crippen molar-refractivity contribution in [3.05, 3.63) is 72.7 Å². The van der Waals surface area contributed by atoms with Crippen LogP contribution in [0.4, 0.5) is 17.2 Å². The van der Waals surface area contributed by atoms with Gasteiger partial charge in [-0.15, -0.1) is 0 Å². The van der Waals surface area contributed by atoms with E-state index in [4.69, 9.17) is 4.74 Å². The van der Waals surface area contributed by atoms with Gasteiger partial charge >= 0.3 is 5.97 Å². The van der Waals surface area contributed by atoms with Gasteiger partial charge in [-0.05, 0) is 48.7 Å². The average molecular weight is 462 g/mol. The van der Waals surface area contributed by atoms with Crippen molar-refractivity contribution in [2.24, 2.45) is 0 Å². The number of carboxylic acid groups (broad SMARTS) is 1. The van der Waals surface area contributed by atoms with E-state index in [0.29, 0.717) is 18.0 Å². The molecule has 0 bridgehead atoms. The molecule has 0 fully saturated rings. The van der Waals surface area contributed by atoms with Gasteiger partial charge in [-0.2, -0.15) is 0 Å². The fourth-order valence-electron chi connectivity index (χ4n) is 3.83. The molecule has 0 spiro atoms. The summed E-state index contributed by atoms with van der Waals surface area (Å²) in [7, 11) is 0. The fourth-order valence-corrected chi connectivity index (χ4v) is 3.83. The molecule has 9 heteroatoms. The number of ether oxygens (including phenoxy) is 1. The number of carboxylic acids is 1. The molecule has 1 aliphatic heterocycles. The van der Waals surface area contributed by atoms with E-state index in [0.717, 1.165) is 36.5 Å². The highest BCUT2D eigenvalue weighted by atomic mass is 16.5. The molecule has 0 aliphatic carbocycles. The highest BCUT2D eigenvalue weighted by molar-refractivity contribution is 5.98. The van der Waals surface area contributed by atoms with Gasteiger partial charge in [0.1, 0.15) is 11.6 Å². The minimum Gasteiger partial charge on any atom is -0.481 e. The van der Waals surface area contributed by atoms with Crippen LogP contribution in [0.3, 0.4) is 0 Å². The molecular formula is C25H27N5O4. The van der Waals surface area contributed by atoms with Gasteiger partial charge in [0.25, 0.3) is 5.91 Å². The van der Waals surface area contributed by atoms with Crippen LogP contribution in [-0.2, 0) is 9.59 Å². The van der Waals surface area contributed by atoms with Crippen LogP contribution in [0.15, 0.2) is 67.1 Å². The molecule has 34 heavy (non-hydrogen) atoms. The Bertz CT molecular complexity index is 1110. The molecule has 1 atom stereocenters. The lowest BCUT2D eigenvalue weighted by Crippen LogP contribution is -2.39. The van der Waals surface area contributed by atoms with Crippen molar-refractivity contribution >= 4 is 29.1 Å². The molecule has 4 rings (SSSR count). The number of unbranched alkanes of at least 4 members (excludes halogenated alkanes) is 1. The third kappa shape index (κ3) is 6.00. The van der Waals surface area contributed by atoms with Gasteiger partial charge in [-0.1, -0.05) is 12.1 Å². The summed E-state index contributed by atoms with van der Waals surface area (Å²) in [4.78, 5) is 34.0. The van der Waals surface area contributed by atoms with E-state index in [-0.39, 0.29) is 18.9 Å². The first-order chi connectivity index (χ1) is 16.6.